The highest BCUT2D eigenvalue weighted by atomic mass is 19.1. The smallest absolute Gasteiger partial charge is 0.257 e. The van der Waals surface area contributed by atoms with Crippen molar-refractivity contribution in [3.05, 3.63) is 59.4 Å². The number of nitrogens with two attached hydrogens (primary N) is 1. The number of para-hydroxylation sites is 2. The molecule has 0 aromatic heterocycles. The maximum absolute atomic E-state index is 13.4. The van der Waals surface area contributed by atoms with Gasteiger partial charge in [0, 0.05) is 7.05 Å². The summed E-state index contributed by atoms with van der Waals surface area (Å²) in [5.74, 6) is -1.58. The molecule has 2 rings (SSSR count). The van der Waals surface area contributed by atoms with E-state index in [1.165, 1.54) is 25.2 Å². The monoisotopic (exact) mass is 287 g/mol. The number of amides is 2. The second-order valence-corrected chi connectivity index (χ2v) is 4.28. The van der Waals surface area contributed by atoms with Crippen LogP contribution in [0.4, 0.5) is 15.8 Å². The zero-order valence-electron chi connectivity index (χ0n) is 11.3. The maximum atomic E-state index is 13.4. The van der Waals surface area contributed by atoms with Crippen molar-refractivity contribution in [3.63, 3.8) is 0 Å². The van der Waals surface area contributed by atoms with Crippen molar-refractivity contribution in [2.45, 2.75) is 0 Å². The lowest BCUT2D eigenvalue weighted by Crippen LogP contribution is -2.22. The van der Waals surface area contributed by atoms with E-state index >= 15 is 0 Å². The highest BCUT2D eigenvalue weighted by molar-refractivity contribution is 6.11. The number of carbonyl (C=O) groups is 2. The van der Waals surface area contributed by atoms with Crippen LogP contribution in [0.3, 0.4) is 0 Å². The molecule has 4 N–H and O–H groups in total. The van der Waals surface area contributed by atoms with E-state index in [1.54, 1.807) is 24.3 Å². The van der Waals surface area contributed by atoms with Crippen molar-refractivity contribution in [1.82, 2.24) is 5.32 Å². The molecule has 0 unspecified atom stereocenters. The molecule has 0 radical (unpaired) electrons. The van der Waals surface area contributed by atoms with Gasteiger partial charge in [0.1, 0.15) is 5.82 Å². The van der Waals surface area contributed by atoms with Crippen LogP contribution in [-0.4, -0.2) is 18.9 Å². The molecule has 0 fully saturated rings. The summed E-state index contributed by atoms with van der Waals surface area (Å²) in [6, 6.07) is 10.5. The fourth-order valence-electron chi connectivity index (χ4n) is 1.85. The lowest BCUT2D eigenvalue weighted by Gasteiger charge is -2.11. The summed E-state index contributed by atoms with van der Waals surface area (Å²) in [7, 11) is 1.49. The molecule has 21 heavy (non-hydrogen) atoms. The molecule has 0 saturated carbocycles. The van der Waals surface area contributed by atoms with Crippen LogP contribution in [-0.2, 0) is 0 Å². The fourth-order valence-corrected chi connectivity index (χ4v) is 1.85. The summed E-state index contributed by atoms with van der Waals surface area (Å²) in [4.78, 5) is 23.9. The van der Waals surface area contributed by atoms with Crippen molar-refractivity contribution < 1.29 is 14.0 Å². The van der Waals surface area contributed by atoms with Gasteiger partial charge in [-0.3, -0.25) is 9.59 Å². The van der Waals surface area contributed by atoms with Gasteiger partial charge in [0.05, 0.1) is 22.5 Å². The van der Waals surface area contributed by atoms with Gasteiger partial charge in [-0.2, -0.15) is 0 Å². The highest BCUT2D eigenvalue weighted by Crippen LogP contribution is 2.20. The van der Waals surface area contributed by atoms with E-state index in [1.807, 2.05) is 0 Å². The molecule has 0 saturated heterocycles. The van der Waals surface area contributed by atoms with E-state index < -0.39 is 11.7 Å². The minimum Gasteiger partial charge on any atom is -0.396 e. The first kappa shape index (κ1) is 14.5. The molecule has 0 aliphatic rings. The van der Waals surface area contributed by atoms with Gasteiger partial charge in [0.25, 0.3) is 11.8 Å². The Balaban J connectivity index is 2.32. The summed E-state index contributed by atoms with van der Waals surface area (Å²) in [5.41, 5.74) is 5.97. The van der Waals surface area contributed by atoms with Crippen LogP contribution in [0, 0.1) is 5.82 Å². The quantitative estimate of drug-likeness (QED) is 0.755. The largest absolute Gasteiger partial charge is 0.396 e. The Kier molecular flexibility index (Phi) is 4.18. The Hall–Kier alpha value is -2.89. The van der Waals surface area contributed by atoms with Crippen molar-refractivity contribution in [2.75, 3.05) is 18.1 Å². The molecule has 6 heteroatoms. The van der Waals surface area contributed by atoms with Gasteiger partial charge in [-0.1, -0.05) is 18.2 Å². The van der Waals surface area contributed by atoms with Crippen LogP contribution in [0.1, 0.15) is 20.7 Å². The molecule has 2 aromatic carbocycles. The predicted octanol–water partition coefficient (Wildman–Crippen LogP) is 2.02. The molecular formula is C15H14FN3O2. The number of halogens is 1. The van der Waals surface area contributed by atoms with Crippen molar-refractivity contribution in [3.8, 4) is 0 Å². The van der Waals surface area contributed by atoms with Crippen LogP contribution in [0.15, 0.2) is 42.5 Å². The predicted molar refractivity (Wildman–Crippen MR) is 78.6 cm³/mol. The van der Waals surface area contributed by atoms with Gasteiger partial charge in [-0.05, 0) is 24.3 Å². The molecule has 0 bridgehead atoms. The molecule has 2 aromatic rings. The summed E-state index contributed by atoms with van der Waals surface area (Å²) >= 11 is 0. The minimum atomic E-state index is -0.665. The van der Waals surface area contributed by atoms with Gasteiger partial charge >= 0.3 is 0 Å². The van der Waals surface area contributed by atoms with Gasteiger partial charge in [0.2, 0.25) is 0 Å². The number of nitrogen functional groups attached to an aromatic ring is 1. The molecule has 0 spiro atoms. The number of nitrogens with one attached hydrogen (secondary N) is 2. The lowest BCUT2D eigenvalue weighted by molar-refractivity contribution is 0.0964. The molecule has 5 nitrogen and oxygen atoms in total. The summed E-state index contributed by atoms with van der Waals surface area (Å²) in [5, 5.41) is 5.04. The normalized spacial score (nSPS) is 10.0. The average molecular weight is 287 g/mol. The van der Waals surface area contributed by atoms with E-state index in [9.17, 15) is 14.0 Å². The Morgan fingerprint density at radius 2 is 1.67 bits per heavy atom. The first-order valence-corrected chi connectivity index (χ1v) is 6.21. The number of carbonyl (C=O) groups excluding carboxylic acids is 2. The summed E-state index contributed by atoms with van der Waals surface area (Å²) in [6.07, 6.45) is 0. The van der Waals surface area contributed by atoms with E-state index in [0.29, 0.717) is 11.3 Å². The molecule has 0 aliphatic carbocycles. The second kappa shape index (κ2) is 6.04. The summed E-state index contributed by atoms with van der Waals surface area (Å²) < 4.78 is 13.4. The summed E-state index contributed by atoms with van der Waals surface area (Å²) in [6.45, 7) is 0. The SMILES string of the molecule is CNC(=O)c1ccccc1NC(=O)c1cccc(F)c1N. The number of hydrogen-bond acceptors (Lipinski definition) is 3. The zero-order chi connectivity index (χ0) is 15.4. The van der Waals surface area contributed by atoms with E-state index in [4.69, 9.17) is 5.73 Å². The van der Waals surface area contributed by atoms with Gasteiger partial charge in [-0.25, -0.2) is 4.39 Å². The van der Waals surface area contributed by atoms with E-state index in [2.05, 4.69) is 10.6 Å². The lowest BCUT2D eigenvalue weighted by atomic mass is 10.1. The third kappa shape index (κ3) is 3.00. The maximum Gasteiger partial charge on any atom is 0.257 e. The van der Waals surface area contributed by atoms with Gasteiger partial charge < -0.3 is 16.4 Å². The number of hydrogen-bond donors (Lipinski definition) is 3. The van der Waals surface area contributed by atoms with Crippen molar-refractivity contribution >= 4 is 23.2 Å². The van der Waals surface area contributed by atoms with Crippen LogP contribution in [0.5, 0.6) is 0 Å². The minimum absolute atomic E-state index is 0.0155. The van der Waals surface area contributed by atoms with Gasteiger partial charge in [0.15, 0.2) is 0 Å². The van der Waals surface area contributed by atoms with Crippen LogP contribution < -0.4 is 16.4 Å². The van der Waals surface area contributed by atoms with Crippen LogP contribution in [0.2, 0.25) is 0 Å². The number of benzene rings is 2. The third-order valence-corrected chi connectivity index (χ3v) is 2.94. The molecule has 0 aliphatic heterocycles. The first-order valence-electron chi connectivity index (χ1n) is 6.21. The van der Waals surface area contributed by atoms with E-state index in [-0.39, 0.29) is 17.2 Å². The average Bonchev–Trinajstić information content (AvgIpc) is 2.49. The van der Waals surface area contributed by atoms with E-state index in [0.717, 1.165) is 0 Å². The molecule has 0 heterocycles. The third-order valence-electron chi connectivity index (χ3n) is 2.94. The Bertz CT molecular complexity index is 701. The zero-order valence-corrected chi connectivity index (χ0v) is 11.3. The van der Waals surface area contributed by atoms with Crippen LogP contribution in [0.25, 0.3) is 0 Å². The van der Waals surface area contributed by atoms with Crippen molar-refractivity contribution in [2.24, 2.45) is 0 Å². The highest BCUT2D eigenvalue weighted by Gasteiger charge is 2.16. The Morgan fingerprint density at radius 3 is 2.38 bits per heavy atom. The number of rotatable bonds is 3. The molecule has 2 amide bonds. The Morgan fingerprint density at radius 1 is 1.00 bits per heavy atom. The first-order chi connectivity index (χ1) is 10.0. The van der Waals surface area contributed by atoms with Crippen LogP contribution >= 0.6 is 0 Å². The topological polar surface area (TPSA) is 84.2 Å². The Labute approximate surface area is 121 Å². The standard InChI is InChI=1S/C15H14FN3O2/c1-18-14(20)9-5-2-3-8-12(9)19-15(21)10-6-4-7-11(16)13(10)17/h2-8H,17H2,1H3,(H,18,20)(H,19,21). The molecular weight excluding hydrogens is 273 g/mol. The van der Waals surface area contributed by atoms with Crippen molar-refractivity contribution in [1.29, 1.82) is 0 Å². The fraction of sp³-hybridized carbons (Fsp3) is 0.0667. The van der Waals surface area contributed by atoms with Gasteiger partial charge in [-0.15, -0.1) is 0 Å². The molecule has 0 atom stereocenters. The number of anilines is 2. The molecule has 108 valence electrons. The second-order valence-electron chi connectivity index (χ2n) is 4.28.